The van der Waals surface area contributed by atoms with Crippen LogP contribution in [0.2, 0.25) is 0 Å². The Bertz CT molecular complexity index is 494. The third-order valence-corrected chi connectivity index (χ3v) is 4.59. The summed E-state index contributed by atoms with van der Waals surface area (Å²) in [6, 6.07) is 0. The smallest absolute Gasteiger partial charge is 0.291 e. The zero-order valence-electron chi connectivity index (χ0n) is 13.4. The largest absolute Gasteiger partial charge is 0.376 e. The van der Waals surface area contributed by atoms with Crippen LogP contribution in [0.4, 0.5) is 0 Å². The Hall–Kier alpha value is -1.47. The van der Waals surface area contributed by atoms with Gasteiger partial charge < -0.3 is 9.64 Å². The van der Waals surface area contributed by atoms with Crippen molar-refractivity contribution in [1.29, 1.82) is 0 Å². The van der Waals surface area contributed by atoms with E-state index in [1.807, 2.05) is 4.90 Å². The van der Waals surface area contributed by atoms with Crippen LogP contribution in [0.15, 0.2) is 6.33 Å². The molecule has 2 saturated heterocycles. The average molecular weight is 307 g/mol. The molecule has 0 bridgehead atoms. The van der Waals surface area contributed by atoms with Crippen molar-refractivity contribution in [1.82, 2.24) is 25.0 Å². The van der Waals surface area contributed by atoms with Gasteiger partial charge in [0.2, 0.25) is 5.82 Å². The molecular weight excluding hydrogens is 282 g/mol. The molecule has 122 valence electrons. The van der Waals surface area contributed by atoms with Crippen molar-refractivity contribution in [3.63, 3.8) is 0 Å². The standard InChI is InChI=1S/C15H25N5O2/c1-15(2)9-12(3-8-22-15)10-19-4-6-20(7-5-19)14(21)13-16-11-17-18-13/h11-12H,3-10H2,1-2H3,(H,16,17,18). The minimum Gasteiger partial charge on any atom is -0.376 e. The van der Waals surface area contributed by atoms with Crippen LogP contribution >= 0.6 is 0 Å². The second-order valence-electron chi connectivity index (χ2n) is 6.89. The van der Waals surface area contributed by atoms with Gasteiger partial charge in [-0.05, 0) is 32.6 Å². The van der Waals surface area contributed by atoms with Gasteiger partial charge in [0.15, 0.2) is 0 Å². The van der Waals surface area contributed by atoms with E-state index < -0.39 is 0 Å². The van der Waals surface area contributed by atoms with Crippen LogP contribution in [0.3, 0.4) is 0 Å². The van der Waals surface area contributed by atoms with Crippen molar-refractivity contribution in [2.75, 3.05) is 39.3 Å². The summed E-state index contributed by atoms with van der Waals surface area (Å²) in [7, 11) is 0. The number of nitrogens with zero attached hydrogens (tertiary/aromatic N) is 4. The van der Waals surface area contributed by atoms with Gasteiger partial charge in [-0.15, -0.1) is 0 Å². The van der Waals surface area contributed by atoms with Gasteiger partial charge in [-0.1, -0.05) is 0 Å². The molecule has 0 aromatic carbocycles. The first-order valence-electron chi connectivity index (χ1n) is 8.04. The molecule has 1 atom stereocenters. The molecule has 1 aromatic rings. The number of hydrogen-bond donors (Lipinski definition) is 1. The summed E-state index contributed by atoms with van der Waals surface area (Å²) >= 11 is 0. The maximum atomic E-state index is 12.2. The van der Waals surface area contributed by atoms with Crippen molar-refractivity contribution in [3.8, 4) is 0 Å². The van der Waals surface area contributed by atoms with E-state index in [9.17, 15) is 4.79 Å². The van der Waals surface area contributed by atoms with Gasteiger partial charge in [0, 0.05) is 39.3 Å². The molecule has 1 unspecified atom stereocenters. The molecule has 7 heteroatoms. The maximum absolute atomic E-state index is 12.2. The number of carbonyl (C=O) groups excluding carboxylic acids is 1. The maximum Gasteiger partial charge on any atom is 0.291 e. The van der Waals surface area contributed by atoms with Crippen LogP contribution in [-0.2, 0) is 4.74 Å². The van der Waals surface area contributed by atoms with Gasteiger partial charge in [-0.2, -0.15) is 5.10 Å². The Morgan fingerprint density at radius 2 is 2.18 bits per heavy atom. The molecule has 3 rings (SSSR count). The van der Waals surface area contributed by atoms with Crippen LogP contribution in [0.25, 0.3) is 0 Å². The lowest BCUT2D eigenvalue weighted by Crippen LogP contribution is -2.51. The topological polar surface area (TPSA) is 74.4 Å². The van der Waals surface area contributed by atoms with Gasteiger partial charge in [-0.3, -0.25) is 14.8 Å². The third-order valence-electron chi connectivity index (χ3n) is 4.59. The molecule has 1 aromatic heterocycles. The zero-order chi connectivity index (χ0) is 15.6. The van der Waals surface area contributed by atoms with Gasteiger partial charge in [0.05, 0.1) is 5.60 Å². The summed E-state index contributed by atoms with van der Waals surface area (Å²) in [5, 5.41) is 6.38. The first kappa shape index (κ1) is 15.4. The predicted molar refractivity (Wildman–Crippen MR) is 81.5 cm³/mol. The molecule has 1 amide bonds. The van der Waals surface area contributed by atoms with Crippen LogP contribution < -0.4 is 0 Å². The van der Waals surface area contributed by atoms with E-state index >= 15 is 0 Å². The number of hydrogen-bond acceptors (Lipinski definition) is 5. The number of amides is 1. The highest BCUT2D eigenvalue weighted by atomic mass is 16.5. The summed E-state index contributed by atoms with van der Waals surface area (Å²) in [4.78, 5) is 20.5. The summed E-state index contributed by atoms with van der Waals surface area (Å²) in [5.74, 6) is 0.976. The Labute approximate surface area is 131 Å². The molecule has 1 N–H and O–H groups in total. The SMILES string of the molecule is CC1(C)CC(CN2CCN(C(=O)c3ncn[nH]3)CC2)CCO1. The molecule has 2 aliphatic heterocycles. The lowest BCUT2D eigenvalue weighted by atomic mass is 9.88. The van der Waals surface area contributed by atoms with Crippen LogP contribution in [0.5, 0.6) is 0 Å². The molecule has 7 nitrogen and oxygen atoms in total. The quantitative estimate of drug-likeness (QED) is 0.893. The second-order valence-corrected chi connectivity index (χ2v) is 6.89. The number of ether oxygens (including phenoxy) is 1. The number of H-pyrrole nitrogens is 1. The number of rotatable bonds is 3. The molecule has 3 heterocycles. The number of carbonyl (C=O) groups is 1. The van der Waals surface area contributed by atoms with E-state index in [1.165, 1.54) is 6.33 Å². The number of piperazine rings is 1. The van der Waals surface area contributed by atoms with Gasteiger partial charge in [-0.25, -0.2) is 4.98 Å². The Kier molecular flexibility index (Phi) is 4.44. The Morgan fingerprint density at radius 3 is 2.82 bits per heavy atom. The summed E-state index contributed by atoms with van der Waals surface area (Å²) in [5.41, 5.74) is 0.00694. The number of aromatic amines is 1. The normalized spacial score (nSPS) is 26.1. The van der Waals surface area contributed by atoms with Gasteiger partial charge in [0.25, 0.3) is 5.91 Å². The summed E-state index contributed by atoms with van der Waals surface area (Å²) < 4.78 is 5.79. The monoisotopic (exact) mass is 307 g/mol. The second kappa shape index (κ2) is 6.34. The predicted octanol–water partition coefficient (Wildman–Crippen LogP) is 0.768. The first-order valence-corrected chi connectivity index (χ1v) is 8.04. The fourth-order valence-electron chi connectivity index (χ4n) is 3.47. The lowest BCUT2D eigenvalue weighted by Gasteiger charge is -2.40. The Balaban J connectivity index is 1.47. The van der Waals surface area contributed by atoms with Gasteiger partial charge >= 0.3 is 0 Å². The van der Waals surface area contributed by atoms with Gasteiger partial charge in [0.1, 0.15) is 6.33 Å². The van der Waals surface area contributed by atoms with Crippen LogP contribution in [0, 0.1) is 5.92 Å². The summed E-state index contributed by atoms with van der Waals surface area (Å²) in [6.45, 7) is 9.69. The van der Waals surface area contributed by atoms with Crippen LogP contribution in [-0.4, -0.2) is 75.8 Å². The zero-order valence-corrected chi connectivity index (χ0v) is 13.4. The number of aromatic nitrogens is 3. The number of nitrogens with one attached hydrogen (secondary N) is 1. The summed E-state index contributed by atoms with van der Waals surface area (Å²) in [6.07, 6.45) is 3.63. The average Bonchev–Trinajstić information content (AvgIpc) is 3.00. The highest BCUT2D eigenvalue weighted by Crippen LogP contribution is 2.29. The van der Waals surface area contributed by atoms with E-state index in [0.717, 1.165) is 52.2 Å². The molecular formula is C15H25N5O2. The molecule has 0 radical (unpaired) electrons. The van der Waals surface area contributed by atoms with E-state index in [0.29, 0.717) is 11.7 Å². The highest BCUT2D eigenvalue weighted by molar-refractivity contribution is 5.90. The van der Waals surface area contributed by atoms with E-state index in [1.54, 1.807) is 0 Å². The molecule has 2 aliphatic rings. The fourth-order valence-corrected chi connectivity index (χ4v) is 3.47. The minimum atomic E-state index is -0.0515. The van der Waals surface area contributed by atoms with Crippen molar-refractivity contribution in [2.24, 2.45) is 5.92 Å². The molecule has 0 spiro atoms. The molecule has 0 aliphatic carbocycles. The van der Waals surface area contributed by atoms with Crippen molar-refractivity contribution in [2.45, 2.75) is 32.3 Å². The highest BCUT2D eigenvalue weighted by Gasteiger charge is 2.31. The Morgan fingerprint density at radius 1 is 1.41 bits per heavy atom. The molecule has 2 fully saturated rings. The fraction of sp³-hybridized carbons (Fsp3) is 0.800. The van der Waals surface area contributed by atoms with E-state index in [4.69, 9.17) is 4.74 Å². The van der Waals surface area contributed by atoms with E-state index in [2.05, 4.69) is 33.9 Å². The molecule has 22 heavy (non-hydrogen) atoms. The van der Waals surface area contributed by atoms with Crippen molar-refractivity contribution < 1.29 is 9.53 Å². The minimum absolute atomic E-state index is 0.00694. The third kappa shape index (κ3) is 3.64. The van der Waals surface area contributed by atoms with Crippen LogP contribution in [0.1, 0.15) is 37.3 Å². The van der Waals surface area contributed by atoms with Crippen molar-refractivity contribution >= 4 is 5.91 Å². The lowest BCUT2D eigenvalue weighted by molar-refractivity contribution is -0.0778. The molecule has 0 saturated carbocycles. The van der Waals surface area contributed by atoms with Crippen molar-refractivity contribution in [3.05, 3.63) is 12.2 Å². The first-order chi connectivity index (χ1) is 10.5. The van der Waals surface area contributed by atoms with E-state index in [-0.39, 0.29) is 11.5 Å².